The van der Waals surface area contributed by atoms with Gasteiger partial charge in [-0.05, 0) is 23.3 Å². The van der Waals surface area contributed by atoms with Crippen LogP contribution < -0.4 is 10.5 Å². The summed E-state index contributed by atoms with van der Waals surface area (Å²) in [5, 5.41) is 2.14. The number of piperidine rings is 1. The van der Waals surface area contributed by atoms with Crippen LogP contribution in [0, 0.1) is 5.41 Å². The van der Waals surface area contributed by atoms with Crippen LogP contribution in [0.1, 0.15) is 20.3 Å². The second-order valence-electron chi connectivity index (χ2n) is 6.97. The summed E-state index contributed by atoms with van der Waals surface area (Å²) in [4.78, 5) is 14.3. The van der Waals surface area contributed by atoms with Crippen molar-refractivity contribution in [1.82, 2.24) is 4.90 Å². The average Bonchev–Trinajstić information content (AvgIpc) is 2.55. The Morgan fingerprint density at radius 1 is 1.26 bits per heavy atom. The lowest BCUT2D eigenvalue weighted by Gasteiger charge is -2.42. The SMILES string of the molecule is CC1(C)CN(C(=O)COc2cccc3ccccc23)CCC1N. The van der Waals surface area contributed by atoms with E-state index in [2.05, 4.69) is 13.8 Å². The molecule has 2 aromatic rings. The first-order valence-corrected chi connectivity index (χ1v) is 8.11. The highest BCUT2D eigenvalue weighted by Gasteiger charge is 2.35. The van der Waals surface area contributed by atoms with Crippen molar-refractivity contribution in [2.24, 2.45) is 11.1 Å². The molecule has 1 amide bonds. The van der Waals surface area contributed by atoms with Crippen molar-refractivity contribution in [2.75, 3.05) is 19.7 Å². The lowest BCUT2D eigenvalue weighted by Crippen LogP contribution is -2.54. The van der Waals surface area contributed by atoms with Crippen molar-refractivity contribution < 1.29 is 9.53 Å². The first-order chi connectivity index (χ1) is 11.0. The molecule has 1 aliphatic rings. The van der Waals surface area contributed by atoms with Crippen molar-refractivity contribution in [1.29, 1.82) is 0 Å². The second kappa shape index (κ2) is 6.20. The van der Waals surface area contributed by atoms with Gasteiger partial charge in [-0.25, -0.2) is 0 Å². The molecule has 2 aromatic carbocycles. The summed E-state index contributed by atoms with van der Waals surface area (Å²) in [6.45, 7) is 5.69. The number of nitrogens with zero attached hydrogens (tertiary/aromatic N) is 1. The third-order valence-electron chi connectivity index (χ3n) is 4.77. The van der Waals surface area contributed by atoms with Gasteiger partial charge < -0.3 is 15.4 Å². The Balaban J connectivity index is 1.67. The fourth-order valence-electron chi connectivity index (χ4n) is 3.14. The quantitative estimate of drug-likeness (QED) is 0.948. The average molecular weight is 312 g/mol. The molecule has 1 saturated heterocycles. The molecule has 0 spiro atoms. The molecule has 3 rings (SSSR count). The van der Waals surface area contributed by atoms with Crippen LogP contribution in [0.5, 0.6) is 5.75 Å². The van der Waals surface area contributed by atoms with E-state index >= 15 is 0 Å². The third kappa shape index (κ3) is 3.32. The molecule has 0 aliphatic carbocycles. The number of amides is 1. The van der Waals surface area contributed by atoms with E-state index in [9.17, 15) is 4.79 Å². The molecule has 1 atom stereocenters. The van der Waals surface area contributed by atoms with Gasteiger partial charge in [-0.3, -0.25) is 4.79 Å². The van der Waals surface area contributed by atoms with Crippen LogP contribution >= 0.6 is 0 Å². The predicted octanol–water partition coefficient (Wildman–Crippen LogP) is 2.80. The van der Waals surface area contributed by atoms with E-state index in [1.54, 1.807) is 0 Å². The standard InChI is InChI=1S/C19H24N2O2/c1-19(2)13-21(11-10-17(19)20)18(22)12-23-16-9-5-7-14-6-3-4-8-15(14)16/h3-9,17H,10-13,20H2,1-2H3. The van der Waals surface area contributed by atoms with Crippen LogP contribution in [0.15, 0.2) is 42.5 Å². The molecule has 4 heteroatoms. The predicted molar refractivity (Wildman–Crippen MR) is 92.4 cm³/mol. The van der Waals surface area contributed by atoms with Gasteiger partial charge in [-0.2, -0.15) is 0 Å². The smallest absolute Gasteiger partial charge is 0.260 e. The number of rotatable bonds is 3. The van der Waals surface area contributed by atoms with E-state index < -0.39 is 0 Å². The maximum Gasteiger partial charge on any atom is 0.260 e. The molecule has 0 bridgehead atoms. The highest BCUT2D eigenvalue weighted by molar-refractivity contribution is 5.88. The van der Waals surface area contributed by atoms with E-state index in [-0.39, 0.29) is 24.0 Å². The Kier molecular flexibility index (Phi) is 4.26. The fraction of sp³-hybridized carbons (Fsp3) is 0.421. The molecule has 1 unspecified atom stereocenters. The summed E-state index contributed by atoms with van der Waals surface area (Å²) >= 11 is 0. The molecule has 4 nitrogen and oxygen atoms in total. The Bertz CT molecular complexity index is 706. The van der Waals surface area contributed by atoms with Gasteiger partial charge in [0.2, 0.25) is 0 Å². The number of nitrogens with two attached hydrogens (primary N) is 1. The van der Waals surface area contributed by atoms with Gasteiger partial charge in [-0.15, -0.1) is 0 Å². The van der Waals surface area contributed by atoms with E-state index in [0.29, 0.717) is 13.1 Å². The normalized spacial score (nSPS) is 20.5. The van der Waals surface area contributed by atoms with Crippen LogP contribution in [0.25, 0.3) is 10.8 Å². The molecule has 1 heterocycles. The van der Waals surface area contributed by atoms with Crippen molar-refractivity contribution in [3.05, 3.63) is 42.5 Å². The third-order valence-corrected chi connectivity index (χ3v) is 4.77. The number of likely N-dealkylation sites (tertiary alicyclic amines) is 1. The zero-order valence-corrected chi connectivity index (χ0v) is 13.8. The molecular formula is C19H24N2O2. The molecule has 1 aliphatic heterocycles. The number of hydrogen-bond acceptors (Lipinski definition) is 3. The molecule has 122 valence electrons. The van der Waals surface area contributed by atoms with Crippen LogP contribution in [-0.4, -0.2) is 36.5 Å². The van der Waals surface area contributed by atoms with Gasteiger partial charge in [-0.1, -0.05) is 50.2 Å². The van der Waals surface area contributed by atoms with E-state index in [0.717, 1.165) is 22.9 Å². The lowest BCUT2D eigenvalue weighted by molar-refractivity contribution is -0.136. The van der Waals surface area contributed by atoms with Gasteiger partial charge in [0, 0.05) is 24.5 Å². The molecular weight excluding hydrogens is 288 g/mol. The Morgan fingerprint density at radius 2 is 2.00 bits per heavy atom. The maximum absolute atomic E-state index is 12.5. The Labute approximate surface area is 137 Å². The van der Waals surface area contributed by atoms with Gasteiger partial charge in [0.25, 0.3) is 5.91 Å². The maximum atomic E-state index is 12.5. The summed E-state index contributed by atoms with van der Waals surface area (Å²) in [7, 11) is 0. The van der Waals surface area contributed by atoms with Crippen molar-refractivity contribution in [2.45, 2.75) is 26.3 Å². The van der Waals surface area contributed by atoms with Gasteiger partial charge in [0.05, 0.1) is 0 Å². The molecule has 0 aromatic heterocycles. The minimum atomic E-state index is -0.0483. The second-order valence-corrected chi connectivity index (χ2v) is 6.97. The first kappa shape index (κ1) is 15.8. The summed E-state index contributed by atoms with van der Waals surface area (Å²) in [5.41, 5.74) is 6.08. The molecule has 23 heavy (non-hydrogen) atoms. The summed E-state index contributed by atoms with van der Waals surface area (Å²) in [6.07, 6.45) is 0.840. The highest BCUT2D eigenvalue weighted by Crippen LogP contribution is 2.28. The topological polar surface area (TPSA) is 55.6 Å². The summed E-state index contributed by atoms with van der Waals surface area (Å²) in [5.74, 6) is 0.780. The summed E-state index contributed by atoms with van der Waals surface area (Å²) < 4.78 is 5.81. The van der Waals surface area contributed by atoms with Crippen molar-refractivity contribution in [3.8, 4) is 5.75 Å². The van der Waals surface area contributed by atoms with Crippen molar-refractivity contribution >= 4 is 16.7 Å². The lowest BCUT2D eigenvalue weighted by atomic mass is 9.80. The highest BCUT2D eigenvalue weighted by atomic mass is 16.5. The fourth-order valence-corrected chi connectivity index (χ4v) is 3.14. The number of fused-ring (bicyclic) bond motifs is 1. The molecule has 0 saturated carbocycles. The first-order valence-electron chi connectivity index (χ1n) is 8.11. The van der Waals surface area contributed by atoms with E-state index in [1.165, 1.54) is 0 Å². The number of carbonyl (C=O) groups is 1. The molecule has 2 N–H and O–H groups in total. The monoisotopic (exact) mass is 312 g/mol. The van der Waals surface area contributed by atoms with Gasteiger partial charge in [0.15, 0.2) is 6.61 Å². The Hall–Kier alpha value is -2.07. The van der Waals surface area contributed by atoms with E-state index in [4.69, 9.17) is 10.5 Å². The van der Waals surface area contributed by atoms with Crippen molar-refractivity contribution in [3.63, 3.8) is 0 Å². The largest absolute Gasteiger partial charge is 0.483 e. The molecule has 0 radical (unpaired) electrons. The van der Waals surface area contributed by atoms with Crippen LogP contribution in [-0.2, 0) is 4.79 Å². The molecule has 1 fully saturated rings. The van der Waals surface area contributed by atoms with Crippen LogP contribution in [0.2, 0.25) is 0 Å². The number of hydrogen-bond donors (Lipinski definition) is 1. The van der Waals surface area contributed by atoms with Gasteiger partial charge >= 0.3 is 0 Å². The van der Waals surface area contributed by atoms with E-state index in [1.807, 2.05) is 47.4 Å². The minimum Gasteiger partial charge on any atom is -0.483 e. The Morgan fingerprint density at radius 3 is 2.78 bits per heavy atom. The number of carbonyl (C=O) groups excluding carboxylic acids is 1. The minimum absolute atomic E-state index is 0.0258. The number of benzene rings is 2. The summed E-state index contributed by atoms with van der Waals surface area (Å²) in [6, 6.07) is 14.1. The van der Waals surface area contributed by atoms with Gasteiger partial charge in [0.1, 0.15) is 5.75 Å². The van der Waals surface area contributed by atoms with Crippen LogP contribution in [0.4, 0.5) is 0 Å². The number of ether oxygens (including phenoxy) is 1. The zero-order chi connectivity index (χ0) is 16.4. The zero-order valence-electron chi connectivity index (χ0n) is 13.8. The van der Waals surface area contributed by atoms with Crippen LogP contribution in [0.3, 0.4) is 0 Å².